The van der Waals surface area contributed by atoms with Gasteiger partial charge >= 0.3 is 12.0 Å². The van der Waals surface area contributed by atoms with Crippen LogP contribution in [0.15, 0.2) is 12.2 Å². The molecule has 0 aliphatic carbocycles. The molecule has 0 aromatic heterocycles. The van der Waals surface area contributed by atoms with Gasteiger partial charge in [-0.2, -0.15) is 0 Å². The van der Waals surface area contributed by atoms with E-state index in [0.717, 1.165) is 0 Å². The van der Waals surface area contributed by atoms with E-state index in [1.165, 1.54) is 0 Å². The monoisotopic (exact) mass is 242 g/mol. The van der Waals surface area contributed by atoms with Crippen LogP contribution in [0.4, 0.5) is 4.79 Å². The van der Waals surface area contributed by atoms with E-state index in [1.807, 2.05) is 20.8 Å². The largest absolute Gasteiger partial charge is 0.460 e. The van der Waals surface area contributed by atoms with Gasteiger partial charge in [-0.15, -0.1) is 0 Å². The fourth-order valence-corrected chi connectivity index (χ4v) is 0.848. The highest BCUT2D eigenvalue weighted by atomic mass is 16.5. The van der Waals surface area contributed by atoms with E-state index < -0.39 is 5.97 Å². The van der Waals surface area contributed by atoms with Gasteiger partial charge in [0.15, 0.2) is 0 Å². The lowest BCUT2D eigenvalue weighted by atomic mass is 10.1. The summed E-state index contributed by atoms with van der Waals surface area (Å²) in [6, 6.07) is -0.191. The van der Waals surface area contributed by atoms with Gasteiger partial charge in [0.2, 0.25) is 0 Å². The fraction of sp³-hybridized carbons (Fsp3) is 0.667. The Morgan fingerprint density at radius 2 is 1.88 bits per heavy atom. The summed E-state index contributed by atoms with van der Waals surface area (Å²) in [5, 5.41) is 2.66. The number of rotatable bonds is 4. The normalized spacial score (nSPS) is 10.6. The molecule has 0 bridgehead atoms. The Hall–Kier alpha value is -1.52. The minimum absolute atomic E-state index is 0.148. The number of hydrogen-bond donors (Lipinski definition) is 1. The highest BCUT2D eigenvalue weighted by molar-refractivity contribution is 5.86. The van der Waals surface area contributed by atoms with Crippen LogP contribution in [0.3, 0.4) is 0 Å². The second kappa shape index (κ2) is 6.27. The maximum Gasteiger partial charge on any atom is 0.333 e. The van der Waals surface area contributed by atoms with Gasteiger partial charge < -0.3 is 15.0 Å². The molecule has 0 aromatic carbocycles. The highest BCUT2D eigenvalue weighted by Gasteiger charge is 2.21. The molecule has 0 aromatic rings. The second-order valence-corrected chi connectivity index (χ2v) is 4.88. The molecule has 0 spiro atoms. The topological polar surface area (TPSA) is 58.6 Å². The Kier molecular flexibility index (Phi) is 5.71. The van der Waals surface area contributed by atoms with Crippen molar-refractivity contribution in [2.45, 2.75) is 33.2 Å². The molecule has 0 atom stereocenters. The van der Waals surface area contributed by atoms with Crippen LogP contribution in [0.25, 0.3) is 0 Å². The molecule has 5 nitrogen and oxygen atoms in total. The average Bonchev–Trinajstić information content (AvgIpc) is 2.20. The van der Waals surface area contributed by atoms with E-state index in [0.29, 0.717) is 5.57 Å². The molecule has 1 N–H and O–H groups in total. The Labute approximate surface area is 103 Å². The first kappa shape index (κ1) is 15.5. The third-order valence-electron chi connectivity index (χ3n) is 2.27. The maximum absolute atomic E-state index is 11.6. The lowest BCUT2D eigenvalue weighted by molar-refractivity contribution is -0.138. The summed E-state index contributed by atoms with van der Waals surface area (Å²) in [7, 11) is 1.72. The Balaban J connectivity index is 3.88. The number of amides is 2. The van der Waals surface area contributed by atoms with Crippen LogP contribution in [0, 0.1) is 0 Å². The van der Waals surface area contributed by atoms with Crippen LogP contribution in [-0.4, -0.2) is 42.6 Å². The van der Waals surface area contributed by atoms with Gasteiger partial charge in [0.05, 0.1) is 6.54 Å². The lowest BCUT2D eigenvalue weighted by Gasteiger charge is -2.31. The van der Waals surface area contributed by atoms with E-state index in [4.69, 9.17) is 4.74 Å². The molecular weight excluding hydrogens is 220 g/mol. The van der Waals surface area contributed by atoms with E-state index in [-0.39, 0.29) is 24.7 Å². The van der Waals surface area contributed by atoms with Crippen LogP contribution in [0.5, 0.6) is 0 Å². The standard InChI is InChI=1S/C12H22N2O3/c1-9(2)10(15)17-8-7-13-11(16)14(6)12(3,4)5/h1,7-8H2,2-6H3,(H,13,16). The van der Waals surface area contributed by atoms with Crippen molar-refractivity contribution >= 4 is 12.0 Å². The summed E-state index contributed by atoms with van der Waals surface area (Å²) in [4.78, 5) is 24.3. The number of carbonyl (C=O) groups excluding carboxylic acids is 2. The SMILES string of the molecule is C=C(C)C(=O)OCCNC(=O)N(C)C(C)(C)C. The van der Waals surface area contributed by atoms with Crippen LogP contribution < -0.4 is 5.32 Å². The van der Waals surface area contributed by atoms with Gasteiger partial charge in [-0.1, -0.05) is 6.58 Å². The van der Waals surface area contributed by atoms with Crippen LogP contribution in [-0.2, 0) is 9.53 Å². The molecule has 0 aliphatic rings. The van der Waals surface area contributed by atoms with Crippen LogP contribution in [0.2, 0.25) is 0 Å². The quantitative estimate of drug-likeness (QED) is 0.462. The zero-order chi connectivity index (χ0) is 13.6. The molecule has 0 heterocycles. The summed E-state index contributed by atoms with van der Waals surface area (Å²) < 4.78 is 4.85. The molecule has 0 unspecified atom stereocenters. The van der Waals surface area contributed by atoms with E-state index in [9.17, 15) is 9.59 Å². The molecule has 0 rings (SSSR count). The summed E-state index contributed by atoms with van der Waals surface area (Å²) in [5.74, 6) is -0.441. The third-order valence-corrected chi connectivity index (χ3v) is 2.27. The predicted octanol–water partition coefficient (Wildman–Crippen LogP) is 1.55. The molecule has 0 saturated carbocycles. The smallest absolute Gasteiger partial charge is 0.333 e. The van der Waals surface area contributed by atoms with Crippen molar-refractivity contribution in [1.82, 2.24) is 10.2 Å². The summed E-state index contributed by atoms with van der Waals surface area (Å²) in [6.07, 6.45) is 0. The maximum atomic E-state index is 11.6. The number of esters is 1. The molecule has 5 heteroatoms. The van der Waals surface area contributed by atoms with E-state index in [2.05, 4.69) is 11.9 Å². The van der Waals surface area contributed by atoms with Gasteiger partial charge in [-0.25, -0.2) is 9.59 Å². The highest BCUT2D eigenvalue weighted by Crippen LogP contribution is 2.09. The molecule has 2 amide bonds. The van der Waals surface area contributed by atoms with Gasteiger partial charge in [0.1, 0.15) is 6.61 Å². The molecule has 98 valence electrons. The number of nitrogens with zero attached hydrogens (tertiary/aromatic N) is 1. The zero-order valence-electron chi connectivity index (χ0n) is 11.3. The Morgan fingerprint density at radius 3 is 2.29 bits per heavy atom. The first-order valence-corrected chi connectivity index (χ1v) is 5.50. The molecule has 0 aliphatic heterocycles. The van der Waals surface area contributed by atoms with Crippen molar-refractivity contribution in [2.24, 2.45) is 0 Å². The predicted molar refractivity (Wildman–Crippen MR) is 66.7 cm³/mol. The van der Waals surface area contributed by atoms with Crippen molar-refractivity contribution in [3.8, 4) is 0 Å². The summed E-state index contributed by atoms with van der Waals surface area (Å²) in [5.41, 5.74) is 0.112. The second-order valence-electron chi connectivity index (χ2n) is 4.88. The lowest BCUT2D eigenvalue weighted by Crippen LogP contribution is -2.48. The first-order chi connectivity index (χ1) is 7.66. The third kappa shape index (κ3) is 5.94. The Bertz CT molecular complexity index is 305. The zero-order valence-corrected chi connectivity index (χ0v) is 11.3. The number of hydrogen-bond acceptors (Lipinski definition) is 3. The minimum atomic E-state index is -0.441. The Morgan fingerprint density at radius 1 is 1.35 bits per heavy atom. The molecule has 0 radical (unpaired) electrons. The molecular formula is C12H22N2O3. The number of nitrogens with one attached hydrogen (secondary N) is 1. The number of urea groups is 1. The minimum Gasteiger partial charge on any atom is -0.460 e. The molecule has 0 saturated heterocycles. The van der Waals surface area contributed by atoms with Crippen molar-refractivity contribution in [1.29, 1.82) is 0 Å². The van der Waals surface area contributed by atoms with Crippen molar-refractivity contribution < 1.29 is 14.3 Å². The van der Waals surface area contributed by atoms with Crippen molar-refractivity contribution in [2.75, 3.05) is 20.2 Å². The van der Waals surface area contributed by atoms with E-state index >= 15 is 0 Å². The molecule has 17 heavy (non-hydrogen) atoms. The van der Waals surface area contributed by atoms with Crippen molar-refractivity contribution in [3.05, 3.63) is 12.2 Å². The molecule has 0 fully saturated rings. The van der Waals surface area contributed by atoms with Gasteiger partial charge in [0.25, 0.3) is 0 Å². The number of carbonyl (C=O) groups is 2. The summed E-state index contributed by atoms with van der Waals surface area (Å²) >= 11 is 0. The van der Waals surface area contributed by atoms with Crippen molar-refractivity contribution in [3.63, 3.8) is 0 Å². The number of ether oxygens (including phenoxy) is 1. The average molecular weight is 242 g/mol. The van der Waals surface area contributed by atoms with Gasteiger partial charge in [-0.3, -0.25) is 0 Å². The van der Waals surface area contributed by atoms with Gasteiger partial charge in [0, 0.05) is 18.2 Å². The summed E-state index contributed by atoms with van der Waals surface area (Å²) in [6.45, 7) is 11.3. The van der Waals surface area contributed by atoms with Crippen LogP contribution in [0.1, 0.15) is 27.7 Å². The van der Waals surface area contributed by atoms with Gasteiger partial charge in [-0.05, 0) is 27.7 Å². The van der Waals surface area contributed by atoms with Crippen LogP contribution >= 0.6 is 0 Å². The van der Waals surface area contributed by atoms with E-state index in [1.54, 1.807) is 18.9 Å². The fourth-order valence-electron chi connectivity index (χ4n) is 0.848. The first-order valence-electron chi connectivity index (χ1n) is 5.50.